The van der Waals surface area contributed by atoms with E-state index in [4.69, 9.17) is 0 Å². The van der Waals surface area contributed by atoms with Gasteiger partial charge < -0.3 is 5.32 Å². The van der Waals surface area contributed by atoms with E-state index in [0.29, 0.717) is 6.04 Å². The van der Waals surface area contributed by atoms with Crippen molar-refractivity contribution >= 4 is 11.3 Å². The summed E-state index contributed by atoms with van der Waals surface area (Å²) in [4.78, 5) is 1.39. The third-order valence-electron chi connectivity index (χ3n) is 3.32. The molecule has 2 aromatic rings. The van der Waals surface area contributed by atoms with Gasteiger partial charge in [0, 0.05) is 10.9 Å². The molecule has 0 saturated heterocycles. The Morgan fingerprint density at radius 3 is 2.67 bits per heavy atom. The normalized spacial score (nSPS) is 12.6. The maximum absolute atomic E-state index is 3.54. The summed E-state index contributed by atoms with van der Waals surface area (Å²) in [5, 5.41) is 5.70. The monoisotopic (exact) mass is 259 g/mol. The summed E-state index contributed by atoms with van der Waals surface area (Å²) >= 11 is 1.81. The van der Waals surface area contributed by atoms with Crippen molar-refractivity contribution in [2.24, 2.45) is 0 Å². The molecule has 2 heteroatoms. The highest BCUT2D eigenvalue weighted by molar-refractivity contribution is 7.10. The summed E-state index contributed by atoms with van der Waals surface area (Å²) in [6, 6.07) is 11.6. The molecule has 0 aliphatic heterocycles. The van der Waals surface area contributed by atoms with Gasteiger partial charge in [0.15, 0.2) is 0 Å². The summed E-state index contributed by atoms with van der Waals surface area (Å²) in [6.45, 7) is 7.60. The zero-order chi connectivity index (χ0) is 13.0. The van der Waals surface area contributed by atoms with Gasteiger partial charge in [-0.3, -0.25) is 0 Å². The lowest BCUT2D eigenvalue weighted by Crippen LogP contribution is -2.19. The van der Waals surface area contributed by atoms with Crippen LogP contribution in [0.15, 0.2) is 35.7 Å². The average molecular weight is 259 g/mol. The first-order chi connectivity index (χ1) is 8.76. The minimum Gasteiger partial charge on any atom is -0.310 e. The van der Waals surface area contributed by atoms with E-state index in [2.05, 4.69) is 61.8 Å². The highest BCUT2D eigenvalue weighted by Crippen LogP contribution is 2.29. The Bertz CT molecular complexity index is 501. The Morgan fingerprint density at radius 2 is 2.06 bits per heavy atom. The molecule has 0 fully saturated rings. The van der Waals surface area contributed by atoms with Gasteiger partial charge in [0.25, 0.3) is 0 Å². The van der Waals surface area contributed by atoms with Crippen LogP contribution in [0.5, 0.6) is 0 Å². The largest absolute Gasteiger partial charge is 0.310 e. The zero-order valence-electron chi connectivity index (χ0n) is 11.4. The van der Waals surface area contributed by atoms with E-state index in [9.17, 15) is 0 Å². The molecule has 0 spiro atoms. The summed E-state index contributed by atoms with van der Waals surface area (Å²) in [6.07, 6.45) is 1.12. The van der Waals surface area contributed by atoms with Gasteiger partial charge >= 0.3 is 0 Å². The minimum absolute atomic E-state index is 0.467. The first-order valence-electron chi connectivity index (χ1n) is 6.64. The molecule has 18 heavy (non-hydrogen) atoms. The zero-order valence-corrected chi connectivity index (χ0v) is 12.2. The molecule has 0 radical (unpaired) electrons. The molecular formula is C16H21NS. The van der Waals surface area contributed by atoms with Gasteiger partial charge in [0.05, 0.1) is 0 Å². The predicted molar refractivity (Wildman–Crippen MR) is 81.2 cm³/mol. The number of hydrogen-bond acceptors (Lipinski definition) is 2. The minimum atomic E-state index is 0.467. The van der Waals surface area contributed by atoms with Crippen LogP contribution in [0.2, 0.25) is 0 Å². The molecule has 1 aromatic heterocycles. The van der Waals surface area contributed by atoms with Crippen molar-refractivity contribution < 1.29 is 0 Å². The van der Waals surface area contributed by atoms with Crippen LogP contribution in [0.4, 0.5) is 0 Å². The van der Waals surface area contributed by atoms with Gasteiger partial charge in [-0.15, -0.1) is 11.3 Å². The molecule has 1 heterocycles. The molecule has 0 aliphatic rings. The summed E-state index contributed by atoms with van der Waals surface area (Å²) < 4.78 is 0. The highest BCUT2D eigenvalue weighted by Gasteiger charge is 2.09. The Labute approximate surface area is 114 Å². The summed E-state index contributed by atoms with van der Waals surface area (Å²) in [7, 11) is 0. The number of aryl methyl sites for hydroxylation is 1. The Hall–Kier alpha value is -1.12. The Kier molecular flexibility index (Phi) is 4.56. The average Bonchev–Trinajstić information content (AvgIpc) is 2.82. The first-order valence-corrected chi connectivity index (χ1v) is 7.52. The maximum Gasteiger partial charge on any atom is 0.0317 e. The fourth-order valence-corrected chi connectivity index (χ4v) is 3.07. The van der Waals surface area contributed by atoms with Crippen LogP contribution >= 0.6 is 11.3 Å². The molecule has 0 aliphatic carbocycles. The Balaban J connectivity index is 2.33. The predicted octanol–water partition coefficient (Wildman–Crippen LogP) is 4.78. The van der Waals surface area contributed by atoms with E-state index in [0.717, 1.165) is 13.0 Å². The standard InChI is InChI=1S/C16H21NS/c1-4-16(17-5-2)14-8-6-7-13(11-14)15-9-10-18-12(15)3/h6-11,16-17H,4-5H2,1-3H3. The van der Waals surface area contributed by atoms with Gasteiger partial charge in [-0.05, 0) is 54.1 Å². The van der Waals surface area contributed by atoms with Crippen LogP contribution in [-0.2, 0) is 0 Å². The van der Waals surface area contributed by atoms with E-state index in [-0.39, 0.29) is 0 Å². The fraction of sp³-hybridized carbons (Fsp3) is 0.375. The van der Waals surface area contributed by atoms with Crippen molar-refractivity contribution in [1.82, 2.24) is 5.32 Å². The van der Waals surface area contributed by atoms with Crippen LogP contribution in [0.25, 0.3) is 11.1 Å². The number of rotatable bonds is 5. The molecule has 1 N–H and O–H groups in total. The third-order valence-corrected chi connectivity index (χ3v) is 4.16. The van der Waals surface area contributed by atoms with E-state index >= 15 is 0 Å². The van der Waals surface area contributed by atoms with Crippen LogP contribution in [-0.4, -0.2) is 6.54 Å². The molecule has 0 amide bonds. The summed E-state index contributed by atoms with van der Waals surface area (Å²) in [5.41, 5.74) is 4.10. The van der Waals surface area contributed by atoms with Crippen molar-refractivity contribution in [3.63, 3.8) is 0 Å². The van der Waals surface area contributed by atoms with Gasteiger partial charge in [-0.25, -0.2) is 0 Å². The fourth-order valence-electron chi connectivity index (χ4n) is 2.35. The molecular weight excluding hydrogens is 238 g/mol. The maximum atomic E-state index is 3.54. The SMILES string of the molecule is CCNC(CC)c1cccc(-c2ccsc2C)c1. The number of hydrogen-bond donors (Lipinski definition) is 1. The molecule has 96 valence electrons. The van der Waals surface area contributed by atoms with Crippen molar-refractivity contribution in [2.75, 3.05) is 6.54 Å². The molecule has 0 saturated carbocycles. The number of nitrogens with one attached hydrogen (secondary N) is 1. The molecule has 1 atom stereocenters. The smallest absolute Gasteiger partial charge is 0.0317 e. The molecule has 1 aromatic carbocycles. The summed E-state index contributed by atoms with van der Waals surface area (Å²) in [5.74, 6) is 0. The van der Waals surface area contributed by atoms with Crippen LogP contribution in [0.1, 0.15) is 36.8 Å². The van der Waals surface area contributed by atoms with Gasteiger partial charge in [-0.1, -0.05) is 32.0 Å². The Morgan fingerprint density at radius 1 is 1.22 bits per heavy atom. The lowest BCUT2D eigenvalue weighted by atomic mass is 9.98. The number of thiophene rings is 1. The topological polar surface area (TPSA) is 12.0 Å². The highest BCUT2D eigenvalue weighted by atomic mass is 32.1. The van der Waals surface area contributed by atoms with Crippen LogP contribution < -0.4 is 5.32 Å². The van der Waals surface area contributed by atoms with Gasteiger partial charge in [0.2, 0.25) is 0 Å². The van der Waals surface area contributed by atoms with E-state index < -0.39 is 0 Å². The lowest BCUT2D eigenvalue weighted by Gasteiger charge is -2.17. The van der Waals surface area contributed by atoms with Gasteiger partial charge in [-0.2, -0.15) is 0 Å². The number of benzene rings is 1. The van der Waals surface area contributed by atoms with Gasteiger partial charge in [0.1, 0.15) is 0 Å². The van der Waals surface area contributed by atoms with E-state index in [1.54, 1.807) is 0 Å². The second-order valence-electron chi connectivity index (χ2n) is 4.53. The second kappa shape index (κ2) is 6.17. The molecule has 1 nitrogen and oxygen atoms in total. The van der Waals surface area contributed by atoms with Crippen molar-refractivity contribution in [3.8, 4) is 11.1 Å². The lowest BCUT2D eigenvalue weighted by molar-refractivity contribution is 0.537. The third kappa shape index (κ3) is 2.82. The quantitative estimate of drug-likeness (QED) is 0.814. The van der Waals surface area contributed by atoms with Crippen LogP contribution in [0, 0.1) is 6.92 Å². The molecule has 1 unspecified atom stereocenters. The second-order valence-corrected chi connectivity index (χ2v) is 5.65. The van der Waals surface area contributed by atoms with Crippen molar-refractivity contribution in [3.05, 3.63) is 46.2 Å². The van der Waals surface area contributed by atoms with E-state index in [1.165, 1.54) is 21.6 Å². The van der Waals surface area contributed by atoms with Crippen molar-refractivity contribution in [2.45, 2.75) is 33.2 Å². The van der Waals surface area contributed by atoms with Crippen LogP contribution in [0.3, 0.4) is 0 Å². The molecule has 2 rings (SSSR count). The van der Waals surface area contributed by atoms with E-state index in [1.807, 2.05) is 11.3 Å². The van der Waals surface area contributed by atoms with Crippen molar-refractivity contribution in [1.29, 1.82) is 0 Å². The molecule has 0 bridgehead atoms. The first kappa shape index (κ1) is 13.3.